The summed E-state index contributed by atoms with van der Waals surface area (Å²) in [5.74, 6) is 6.55. The number of anilines is 2. The standard InChI is InChI=1S/C17H20N10O/c1-28-6-5-27-10-11(7-22-27)13-8-21-17(24-18)16(23-13)20-9-14-12-3-2-4-19-15(12)26-25-14/h2-4,7-8,10H,5-6,9,18H2,1H3,(H,20,23)(H,21,24)(H,19,25,26). The summed E-state index contributed by atoms with van der Waals surface area (Å²) in [6, 6.07) is 3.83. The number of nitrogens with two attached hydrogens (primary N) is 1. The predicted octanol–water partition coefficient (Wildman–Crippen LogP) is 1.16. The number of aromatic nitrogens is 7. The summed E-state index contributed by atoms with van der Waals surface area (Å²) < 4.78 is 6.87. The van der Waals surface area contributed by atoms with E-state index in [0.717, 1.165) is 16.6 Å². The number of nitrogen functional groups attached to an aromatic ring is 1. The Kier molecular flexibility index (Phi) is 5.08. The van der Waals surface area contributed by atoms with Crippen molar-refractivity contribution in [3.63, 3.8) is 0 Å². The molecule has 144 valence electrons. The Morgan fingerprint density at radius 1 is 1.25 bits per heavy atom. The molecule has 0 aromatic carbocycles. The van der Waals surface area contributed by atoms with Gasteiger partial charge in [0.2, 0.25) is 0 Å². The maximum absolute atomic E-state index is 5.58. The van der Waals surface area contributed by atoms with Crippen LogP contribution < -0.4 is 16.6 Å². The van der Waals surface area contributed by atoms with Gasteiger partial charge in [-0.05, 0) is 12.1 Å². The van der Waals surface area contributed by atoms with Crippen LogP contribution in [0.4, 0.5) is 11.6 Å². The second-order valence-electron chi connectivity index (χ2n) is 6.01. The van der Waals surface area contributed by atoms with Gasteiger partial charge in [0.05, 0.1) is 43.5 Å². The lowest BCUT2D eigenvalue weighted by Gasteiger charge is -2.10. The van der Waals surface area contributed by atoms with Gasteiger partial charge in [0.15, 0.2) is 17.3 Å². The molecule has 0 saturated heterocycles. The van der Waals surface area contributed by atoms with Crippen LogP contribution in [0, 0.1) is 0 Å². The second-order valence-corrected chi connectivity index (χ2v) is 6.01. The zero-order chi connectivity index (χ0) is 19.3. The maximum atomic E-state index is 5.58. The van der Waals surface area contributed by atoms with E-state index in [1.54, 1.807) is 30.4 Å². The van der Waals surface area contributed by atoms with Crippen molar-refractivity contribution in [2.75, 3.05) is 24.5 Å². The molecular weight excluding hydrogens is 360 g/mol. The van der Waals surface area contributed by atoms with Gasteiger partial charge in [-0.2, -0.15) is 10.2 Å². The average Bonchev–Trinajstić information content (AvgIpc) is 3.37. The quantitative estimate of drug-likeness (QED) is 0.261. The number of nitrogens with zero attached hydrogens (tertiary/aromatic N) is 6. The van der Waals surface area contributed by atoms with Crippen LogP contribution in [0.5, 0.6) is 0 Å². The Balaban J connectivity index is 1.56. The monoisotopic (exact) mass is 380 g/mol. The molecule has 11 heteroatoms. The Morgan fingerprint density at radius 2 is 2.18 bits per heavy atom. The van der Waals surface area contributed by atoms with Crippen LogP contribution >= 0.6 is 0 Å². The highest BCUT2D eigenvalue weighted by molar-refractivity contribution is 5.77. The van der Waals surface area contributed by atoms with Gasteiger partial charge in [-0.3, -0.25) is 9.78 Å². The molecule has 4 heterocycles. The average molecular weight is 380 g/mol. The van der Waals surface area contributed by atoms with Gasteiger partial charge in [-0.25, -0.2) is 20.8 Å². The Bertz CT molecular complexity index is 1070. The number of aromatic amines is 1. The molecule has 0 radical (unpaired) electrons. The van der Waals surface area contributed by atoms with Crippen LogP contribution in [0.15, 0.2) is 36.9 Å². The first-order valence-corrected chi connectivity index (χ1v) is 8.65. The van der Waals surface area contributed by atoms with Crippen molar-refractivity contribution in [3.8, 4) is 11.3 Å². The van der Waals surface area contributed by atoms with E-state index in [9.17, 15) is 0 Å². The van der Waals surface area contributed by atoms with Crippen molar-refractivity contribution in [1.29, 1.82) is 0 Å². The topological polar surface area (TPSA) is 144 Å². The molecule has 28 heavy (non-hydrogen) atoms. The molecule has 11 nitrogen and oxygen atoms in total. The van der Waals surface area contributed by atoms with Gasteiger partial charge in [0, 0.05) is 30.5 Å². The second kappa shape index (κ2) is 7.98. The third-order valence-corrected chi connectivity index (χ3v) is 4.20. The number of rotatable bonds is 8. The molecule has 4 rings (SSSR count). The largest absolute Gasteiger partial charge is 0.383 e. The number of ether oxygens (including phenoxy) is 1. The SMILES string of the molecule is COCCn1cc(-c2cnc(NN)c(NCc3[nH]nc4ncccc34)n2)cn1. The lowest BCUT2D eigenvalue weighted by molar-refractivity contribution is 0.183. The number of hydrogen-bond donors (Lipinski definition) is 4. The molecule has 0 unspecified atom stereocenters. The van der Waals surface area contributed by atoms with Crippen molar-refractivity contribution < 1.29 is 4.74 Å². The Hall–Kier alpha value is -3.57. The summed E-state index contributed by atoms with van der Waals surface area (Å²) in [6.45, 7) is 1.71. The van der Waals surface area contributed by atoms with Gasteiger partial charge in [-0.15, -0.1) is 0 Å². The summed E-state index contributed by atoms with van der Waals surface area (Å²) in [7, 11) is 1.66. The molecule has 0 spiro atoms. The predicted molar refractivity (Wildman–Crippen MR) is 104 cm³/mol. The Morgan fingerprint density at radius 3 is 3.04 bits per heavy atom. The highest BCUT2D eigenvalue weighted by Gasteiger charge is 2.12. The number of nitrogens with one attached hydrogen (secondary N) is 3. The zero-order valence-electron chi connectivity index (χ0n) is 15.3. The number of hydrazine groups is 1. The molecule has 0 saturated carbocycles. The molecule has 0 fully saturated rings. The van der Waals surface area contributed by atoms with Crippen LogP contribution in [0.1, 0.15) is 5.69 Å². The van der Waals surface area contributed by atoms with E-state index >= 15 is 0 Å². The minimum Gasteiger partial charge on any atom is -0.383 e. The van der Waals surface area contributed by atoms with E-state index in [-0.39, 0.29) is 0 Å². The van der Waals surface area contributed by atoms with Gasteiger partial charge < -0.3 is 15.5 Å². The summed E-state index contributed by atoms with van der Waals surface area (Å²) in [4.78, 5) is 13.2. The molecule has 0 aliphatic rings. The fraction of sp³-hybridized carbons (Fsp3) is 0.235. The lowest BCUT2D eigenvalue weighted by Crippen LogP contribution is -2.13. The Labute approximate surface area is 160 Å². The van der Waals surface area contributed by atoms with Crippen molar-refractivity contribution >= 4 is 22.7 Å². The number of hydrogen-bond acceptors (Lipinski definition) is 9. The summed E-state index contributed by atoms with van der Waals surface area (Å²) in [6.07, 6.45) is 7.00. The van der Waals surface area contributed by atoms with Crippen LogP contribution in [-0.2, 0) is 17.8 Å². The number of fused-ring (bicyclic) bond motifs is 1. The molecule has 0 amide bonds. The number of H-pyrrole nitrogens is 1. The molecule has 0 aliphatic carbocycles. The molecule has 4 aromatic rings. The zero-order valence-corrected chi connectivity index (χ0v) is 15.3. The minimum absolute atomic E-state index is 0.442. The molecule has 4 aromatic heterocycles. The van der Waals surface area contributed by atoms with Gasteiger partial charge in [-0.1, -0.05) is 0 Å². The van der Waals surface area contributed by atoms with E-state index in [1.807, 2.05) is 18.3 Å². The van der Waals surface area contributed by atoms with Crippen LogP contribution in [0.3, 0.4) is 0 Å². The molecular formula is C17H20N10O. The van der Waals surface area contributed by atoms with Crippen molar-refractivity contribution in [2.45, 2.75) is 13.1 Å². The van der Waals surface area contributed by atoms with Crippen LogP contribution in [0.25, 0.3) is 22.3 Å². The smallest absolute Gasteiger partial charge is 0.183 e. The fourth-order valence-corrected chi connectivity index (χ4v) is 2.77. The lowest BCUT2D eigenvalue weighted by atomic mass is 10.2. The van der Waals surface area contributed by atoms with E-state index < -0.39 is 0 Å². The maximum Gasteiger partial charge on any atom is 0.183 e. The normalized spacial score (nSPS) is 11.1. The third-order valence-electron chi connectivity index (χ3n) is 4.20. The first-order valence-electron chi connectivity index (χ1n) is 8.65. The van der Waals surface area contributed by atoms with Crippen LogP contribution in [-0.4, -0.2) is 48.6 Å². The number of pyridine rings is 1. The van der Waals surface area contributed by atoms with Gasteiger partial charge >= 0.3 is 0 Å². The molecule has 0 bridgehead atoms. The van der Waals surface area contributed by atoms with Crippen molar-refractivity contribution in [3.05, 3.63) is 42.6 Å². The summed E-state index contributed by atoms with van der Waals surface area (Å²) >= 11 is 0. The first kappa shape index (κ1) is 17.8. The van der Waals surface area contributed by atoms with E-state index in [2.05, 4.69) is 41.0 Å². The highest BCUT2D eigenvalue weighted by atomic mass is 16.5. The van der Waals surface area contributed by atoms with E-state index in [4.69, 9.17) is 10.6 Å². The molecule has 0 atom stereocenters. The van der Waals surface area contributed by atoms with Gasteiger partial charge in [0.1, 0.15) is 0 Å². The fourth-order valence-electron chi connectivity index (χ4n) is 2.77. The van der Waals surface area contributed by atoms with E-state index in [0.29, 0.717) is 42.7 Å². The molecule has 5 N–H and O–H groups in total. The third kappa shape index (κ3) is 3.61. The number of methoxy groups -OCH3 is 1. The first-order chi connectivity index (χ1) is 13.8. The highest BCUT2D eigenvalue weighted by Crippen LogP contribution is 2.23. The van der Waals surface area contributed by atoms with Gasteiger partial charge in [0.25, 0.3) is 0 Å². The summed E-state index contributed by atoms with van der Waals surface area (Å²) in [5.41, 5.74) is 5.66. The van der Waals surface area contributed by atoms with Crippen LogP contribution in [0.2, 0.25) is 0 Å². The minimum atomic E-state index is 0.442. The summed E-state index contributed by atoms with van der Waals surface area (Å²) in [5, 5.41) is 15.7. The van der Waals surface area contributed by atoms with Crippen molar-refractivity contribution in [1.82, 2.24) is 34.9 Å². The van der Waals surface area contributed by atoms with E-state index in [1.165, 1.54) is 0 Å². The molecule has 0 aliphatic heterocycles. The van der Waals surface area contributed by atoms with Crippen molar-refractivity contribution in [2.24, 2.45) is 5.84 Å².